The molecule has 0 aromatic heterocycles. The lowest BCUT2D eigenvalue weighted by molar-refractivity contribution is -0.124. The van der Waals surface area contributed by atoms with Crippen molar-refractivity contribution < 1.29 is 4.79 Å². The summed E-state index contributed by atoms with van der Waals surface area (Å²) in [6.45, 7) is 4.16. The molecule has 16 heavy (non-hydrogen) atoms. The molecule has 0 aromatic rings. The molecule has 92 valence electrons. The van der Waals surface area contributed by atoms with E-state index < -0.39 is 0 Å². The van der Waals surface area contributed by atoms with E-state index in [-0.39, 0.29) is 11.9 Å². The van der Waals surface area contributed by atoms with Crippen molar-refractivity contribution in [3.8, 4) is 0 Å². The minimum Gasteiger partial charge on any atom is -0.354 e. The predicted octanol–water partition coefficient (Wildman–Crippen LogP) is 1.82. The molecule has 1 heterocycles. The van der Waals surface area contributed by atoms with Crippen molar-refractivity contribution in [1.29, 1.82) is 0 Å². The van der Waals surface area contributed by atoms with Crippen LogP contribution in [0.15, 0.2) is 0 Å². The van der Waals surface area contributed by atoms with E-state index in [2.05, 4.69) is 17.6 Å². The standard InChI is InChI=1S/C13H24N2O/c1-13(7-3-4-8-13)10-15-12(16)11-6-2-5-9-14-11/h11,14H,2-10H2,1H3,(H,15,16)/t11-/m0/s1. The summed E-state index contributed by atoms with van der Waals surface area (Å²) < 4.78 is 0. The van der Waals surface area contributed by atoms with E-state index in [4.69, 9.17) is 0 Å². The maximum Gasteiger partial charge on any atom is 0.237 e. The number of amides is 1. The number of carbonyl (C=O) groups excluding carboxylic acids is 1. The maximum absolute atomic E-state index is 11.9. The summed E-state index contributed by atoms with van der Waals surface area (Å²) in [6, 6.07) is 0.0683. The van der Waals surface area contributed by atoms with Crippen molar-refractivity contribution in [3.05, 3.63) is 0 Å². The minimum absolute atomic E-state index is 0.0683. The Balaban J connectivity index is 1.74. The van der Waals surface area contributed by atoms with Crippen LogP contribution in [0.4, 0.5) is 0 Å². The molecule has 1 amide bonds. The number of piperidine rings is 1. The summed E-state index contributed by atoms with van der Waals surface area (Å²) in [6.07, 6.45) is 8.59. The molecule has 0 spiro atoms. The average Bonchev–Trinajstić information content (AvgIpc) is 2.75. The van der Waals surface area contributed by atoms with Crippen LogP contribution < -0.4 is 10.6 Å². The molecule has 2 rings (SSSR count). The third-order valence-electron chi connectivity index (χ3n) is 4.13. The fourth-order valence-corrected chi connectivity index (χ4v) is 2.90. The van der Waals surface area contributed by atoms with E-state index in [0.717, 1.165) is 19.5 Å². The first-order valence-electron chi connectivity index (χ1n) is 6.71. The van der Waals surface area contributed by atoms with Gasteiger partial charge in [-0.05, 0) is 37.6 Å². The van der Waals surface area contributed by atoms with E-state index in [1.807, 2.05) is 0 Å². The summed E-state index contributed by atoms with van der Waals surface area (Å²) in [4.78, 5) is 11.9. The topological polar surface area (TPSA) is 41.1 Å². The van der Waals surface area contributed by atoms with Crippen LogP contribution in [0.3, 0.4) is 0 Å². The molecule has 1 saturated carbocycles. The first-order valence-corrected chi connectivity index (χ1v) is 6.71. The monoisotopic (exact) mass is 224 g/mol. The van der Waals surface area contributed by atoms with Gasteiger partial charge in [-0.3, -0.25) is 4.79 Å². The van der Waals surface area contributed by atoms with E-state index in [1.165, 1.54) is 38.5 Å². The molecule has 1 aliphatic carbocycles. The van der Waals surface area contributed by atoms with Gasteiger partial charge in [-0.2, -0.15) is 0 Å². The Labute approximate surface area is 98.4 Å². The van der Waals surface area contributed by atoms with E-state index in [1.54, 1.807) is 0 Å². The lowest BCUT2D eigenvalue weighted by Crippen LogP contribution is -2.48. The molecule has 3 nitrogen and oxygen atoms in total. The quantitative estimate of drug-likeness (QED) is 0.768. The highest BCUT2D eigenvalue weighted by Crippen LogP contribution is 2.36. The number of carbonyl (C=O) groups is 1. The van der Waals surface area contributed by atoms with Crippen molar-refractivity contribution in [2.24, 2.45) is 5.41 Å². The Morgan fingerprint density at radius 1 is 1.31 bits per heavy atom. The number of rotatable bonds is 3. The van der Waals surface area contributed by atoms with Gasteiger partial charge < -0.3 is 10.6 Å². The second kappa shape index (κ2) is 5.17. The molecule has 0 unspecified atom stereocenters. The predicted molar refractivity (Wildman–Crippen MR) is 65.2 cm³/mol. The first-order chi connectivity index (χ1) is 7.70. The zero-order chi connectivity index (χ0) is 11.4. The first kappa shape index (κ1) is 11.9. The lowest BCUT2D eigenvalue weighted by atomic mass is 9.89. The van der Waals surface area contributed by atoms with Gasteiger partial charge in [-0.25, -0.2) is 0 Å². The maximum atomic E-state index is 11.9. The van der Waals surface area contributed by atoms with Gasteiger partial charge in [0.25, 0.3) is 0 Å². The Morgan fingerprint density at radius 3 is 2.69 bits per heavy atom. The Morgan fingerprint density at radius 2 is 2.06 bits per heavy atom. The van der Waals surface area contributed by atoms with Gasteiger partial charge in [0.15, 0.2) is 0 Å². The van der Waals surface area contributed by atoms with Crippen LogP contribution in [0.2, 0.25) is 0 Å². The molecule has 3 heteroatoms. The summed E-state index contributed by atoms with van der Waals surface area (Å²) >= 11 is 0. The van der Waals surface area contributed by atoms with Crippen molar-refractivity contribution >= 4 is 5.91 Å². The minimum atomic E-state index is 0.0683. The smallest absolute Gasteiger partial charge is 0.237 e. The van der Waals surface area contributed by atoms with Gasteiger partial charge in [0.2, 0.25) is 5.91 Å². The van der Waals surface area contributed by atoms with Crippen molar-refractivity contribution in [3.63, 3.8) is 0 Å². The van der Waals surface area contributed by atoms with Crippen LogP contribution in [0.25, 0.3) is 0 Å². The third kappa shape index (κ3) is 2.97. The molecule has 2 aliphatic rings. The molecular weight excluding hydrogens is 200 g/mol. The van der Waals surface area contributed by atoms with Gasteiger partial charge in [-0.1, -0.05) is 26.2 Å². The second-order valence-electron chi connectivity index (χ2n) is 5.74. The molecule has 0 aromatic carbocycles. The van der Waals surface area contributed by atoms with Gasteiger partial charge in [0, 0.05) is 6.54 Å². The number of hydrogen-bond donors (Lipinski definition) is 2. The van der Waals surface area contributed by atoms with Crippen LogP contribution >= 0.6 is 0 Å². The molecule has 1 aliphatic heterocycles. The molecule has 2 fully saturated rings. The SMILES string of the molecule is CC1(CNC(=O)[C@@H]2CCCCN2)CCCC1. The molecule has 0 bridgehead atoms. The summed E-state index contributed by atoms with van der Waals surface area (Å²) in [7, 11) is 0. The largest absolute Gasteiger partial charge is 0.354 e. The normalized spacial score (nSPS) is 28.9. The summed E-state index contributed by atoms with van der Waals surface area (Å²) in [5, 5.41) is 6.43. The Hall–Kier alpha value is -0.570. The third-order valence-corrected chi connectivity index (χ3v) is 4.13. The van der Waals surface area contributed by atoms with Gasteiger partial charge in [0.05, 0.1) is 6.04 Å². The van der Waals surface area contributed by atoms with Gasteiger partial charge >= 0.3 is 0 Å². The van der Waals surface area contributed by atoms with Crippen LogP contribution in [0, 0.1) is 5.41 Å². The number of nitrogens with one attached hydrogen (secondary N) is 2. The highest BCUT2D eigenvalue weighted by molar-refractivity contribution is 5.81. The van der Waals surface area contributed by atoms with Crippen LogP contribution in [-0.2, 0) is 4.79 Å². The fourth-order valence-electron chi connectivity index (χ4n) is 2.90. The number of hydrogen-bond acceptors (Lipinski definition) is 2. The molecule has 2 N–H and O–H groups in total. The lowest BCUT2D eigenvalue weighted by Gasteiger charge is -2.27. The van der Waals surface area contributed by atoms with Crippen molar-refractivity contribution in [2.75, 3.05) is 13.1 Å². The van der Waals surface area contributed by atoms with Crippen LogP contribution in [0.5, 0.6) is 0 Å². The highest BCUT2D eigenvalue weighted by atomic mass is 16.2. The molecule has 1 saturated heterocycles. The van der Waals surface area contributed by atoms with E-state index in [0.29, 0.717) is 5.41 Å². The average molecular weight is 224 g/mol. The summed E-state index contributed by atoms with van der Waals surface area (Å²) in [5.74, 6) is 0.216. The molecular formula is C13H24N2O. The van der Waals surface area contributed by atoms with Crippen LogP contribution in [0.1, 0.15) is 51.9 Å². The van der Waals surface area contributed by atoms with Crippen molar-refractivity contribution in [1.82, 2.24) is 10.6 Å². The molecule has 0 radical (unpaired) electrons. The zero-order valence-electron chi connectivity index (χ0n) is 10.3. The second-order valence-corrected chi connectivity index (χ2v) is 5.74. The molecule has 1 atom stereocenters. The highest BCUT2D eigenvalue weighted by Gasteiger charge is 2.30. The van der Waals surface area contributed by atoms with Gasteiger partial charge in [0.1, 0.15) is 0 Å². The van der Waals surface area contributed by atoms with Crippen LogP contribution in [-0.4, -0.2) is 25.0 Å². The van der Waals surface area contributed by atoms with Gasteiger partial charge in [-0.15, -0.1) is 0 Å². The summed E-state index contributed by atoms with van der Waals surface area (Å²) in [5.41, 5.74) is 0.365. The Kier molecular flexibility index (Phi) is 3.85. The zero-order valence-corrected chi connectivity index (χ0v) is 10.3. The fraction of sp³-hybridized carbons (Fsp3) is 0.923. The van der Waals surface area contributed by atoms with E-state index in [9.17, 15) is 4.79 Å². The Bertz CT molecular complexity index is 240. The van der Waals surface area contributed by atoms with Crippen molar-refractivity contribution in [2.45, 2.75) is 57.9 Å². The van der Waals surface area contributed by atoms with E-state index >= 15 is 0 Å².